The predicted molar refractivity (Wildman–Crippen MR) is 93.2 cm³/mol. The van der Waals surface area contributed by atoms with Gasteiger partial charge in [-0.3, -0.25) is 14.5 Å². The standard InChI is InChI=1S/C16H16ClF3N4OS/c17-12-5-3-10(4-6-12)14-21-22-15(26)24(14)9-13(25)23-7-1-2-11(8-23)16(18,19)20/h3-6,11H,1-2,7-9H2,(H,22,26). The molecule has 1 aromatic heterocycles. The number of carbonyl (C=O) groups is 1. The number of alkyl halides is 3. The van der Waals surface area contributed by atoms with Gasteiger partial charge in [-0.25, -0.2) is 0 Å². The Bertz CT molecular complexity index is 846. The van der Waals surface area contributed by atoms with Crippen LogP contribution in [0.15, 0.2) is 24.3 Å². The van der Waals surface area contributed by atoms with E-state index in [0.717, 1.165) is 0 Å². The maximum atomic E-state index is 13.0. The van der Waals surface area contributed by atoms with Gasteiger partial charge < -0.3 is 4.90 Å². The van der Waals surface area contributed by atoms with Crippen LogP contribution in [0.3, 0.4) is 0 Å². The molecular formula is C16H16ClF3N4OS. The summed E-state index contributed by atoms with van der Waals surface area (Å²) in [6.45, 7) is -0.172. The molecule has 1 amide bonds. The molecule has 26 heavy (non-hydrogen) atoms. The van der Waals surface area contributed by atoms with Crippen molar-refractivity contribution in [3.8, 4) is 11.4 Å². The molecule has 0 aliphatic carbocycles. The number of rotatable bonds is 3. The number of piperidine rings is 1. The van der Waals surface area contributed by atoms with E-state index in [9.17, 15) is 18.0 Å². The Morgan fingerprint density at radius 1 is 1.35 bits per heavy atom. The molecule has 3 rings (SSSR count). The first kappa shape index (κ1) is 18.9. The van der Waals surface area contributed by atoms with E-state index in [1.807, 2.05) is 0 Å². The summed E-state index contributed by atoms with van der Waals surface area (Å²) >= 11 is 11.0. The highest BCUT2D eigenvalue weighted by Crippen LogP contribution is 2.33. The first-order chi connectivity index (χ1) is 12.3. The number of benzene rings is 1. The van der Waals surface area contributed by atoms with E-state index in [-0.39, 0.29) is 24.3 Å². The van der Waals surface area contributed by atoms with E-state index < -0.39 is 18.0 Å². The second kappa shape index (κ2) is 7.40. The van der Waals surface area contributed by atoms with Gasteiger partial charge in [0.25, 0.3) is 0 Å². The quantitative estimate of drug-likeness (QED) is 0.785. The molecule has 5 nitrogen and oxygen atoms in total. The zero-order valence-electron chi connectivity index (χ0n) is 13.6. The third kappa shape index (κ3) is 4.09. The van der Waals surface area contributed by atoms with Gasteiger partial charge in [0.1, 0.15) is 6.54 Å². The monoisotopic (exact) mass is 404 g/mol. The number of carbonyl (C=O) groups excluding carboxylic acids is 1. The van der Waals surface area contributed by atoms with Gasteiger partial charge in [0, 0.05) is 23.7 Å². The lowest BCUT2D eigenvalue weighted by atomic mass is 9.97. The summed E-state index contributed by atoms with van der Waals surface area (Å²) in [4.78, 5) is 13.8. The molecule has 0 bridgehead atoms. The fourth-order valence-electron chi connectivity index (χ4n) is 2.99. The molecule has 1 fully saturated rings. The molecule has 1 atom stereocenters. The van der Waals surface area contributed by atoms with Crippen molar-refractivity contribution < 1.29 is 18.0 Å². The lowest BCUT2D eigenvalue weighted by molar-refractivity contribution is -0.188. The van der Waals surface area contributed by atoms with Crippen LogP contribution < -0.4 is 0 Å². The molecule has 1 N–H and O–H groups in total. The molecule has 1 saturated heterocycles. The number of likely N-dealkylation sites (tertiary alicyclic amines) is 1. The van der Waals surface area contributed by atoms with Crippen LogP contribution >= 0.6 is 23.8 Å². The average Bonchev–Trinajstić information content (AvgIpc) is 2.96. The summed E-state index contributed by atoms with van der Waals surface area (Å²) in [6.07, 6.45) is -3.91. The first-order valence-electron chi connectivity index (χ1n) is 8.01. The van der Waals surface area contributed by atoms with Crippen LogP contribution in [0.2, 0.25) is 5.02 Å². The third-order valence-corrected chi connectivity index (χ3v) is 4.95. The fourth-order valence-corrected chi connectivity index (χ4v) is 3.31. The molecular weight excluding hydrogens is 389 g/mol. The van der Waals surface area contributed by atoms with Gasteiger partial charge >= 0.3 is 6.18 Å². The SMILES string of the molecule is O=C(Cn1c(-c2ccc(Cl)cc2)n[nH]c1=S)N1CCCC(C(F)(F)F)C1. The van der Waals surface area contributed by atoms with Gasteiger partial charge in [0.05, 0.1) is 5.92 Å². The molecule has 1 aromatic carbocycles. The summed E-state index contributed by atoms with van der Waals surface area (Å²) < 4.78 is 40.6. The molecule has 0 spiro atoms. The van der Waals surface area contributed by atoms with Gasteiger partial charge in [-0.05, 0) is 49.3 Å². The van der Waals surface area contributed by atoms with Crippen LogP contribution in [0.25, 0.3) is 11.4 Å². The molecule has 140 valence electrons. The van der Waals surface area contributed by atoms with Crippen molar-refractivity contribution in [3.63, 3.8) is 0 Å². The fraction of sp³-hybridized carbons (Fsp3) is 0.438. The molecule has 0 saturated carbocycles. The number of hydrogen-bond acceptors (Lipinski definition) is 3. The number of halogens is 4. The van der Waals surface area contributed by atoms with Crippen LogP contribution in [0, 0.1) is 10.7 Å². The number of aromatic amines is 1. The Morgan fingerprint density at radius 2 is 2.04 bits per heavy atom. The van der Waals surface area contributed by atoms with Crippen LogP contribution in [0.4, 0.5) is 13.2 Å². The Labute approximate surface area is 157 Å². The smallest absolute Gasteiger partial charge is 0.341 e. The molecule has 2 heterocycles. The Balaban J connectivity index is 1.79. The highest BCUT2D eigenvalue weighted by Gasteiger charge is 2.42. The zero-order chi connectivity index (χ0) is 18.9. The first-order valence-corrected chi connectivity index (χ1v) is 8.80. The lowest BCUT2D eigenvalue weighted by Crippen LogP contribution is -2.45. The van der Waals surface area contributed by atoms with Crippen LogP contribution in [0.1, 0.15) is 12.8 Å². The van der Waals surface area contributed by atoms with E-state index in [2.05, 4.69) is 10.2 Å². The van der Waals surface area contributed by atoms with Gasteiger partial charge in [0.15, 0.2) is 10.6 Å². The lowest BCUT2D eigenvalue weighted by Gasteiger charge is -2.33. The van der Waals surface area contributed by atoms with Gasteiger partial charge in [-0.1, -0.05) is 11.6 Å². The maximum absolute atomic E-state index is 13.0. The average molecular weight is 405 g/mol. The van der Waals surface area contributed by atoms with Crippen molar-refractivity contribution >= 4 is 29.7 Å². The van der Waals surface area contributed by atoms with E-state index in [1.54, 1.807) is 24.3 Å². The van der Waals surface area contributed by atoms with Crippen LogP contribution in [-0.2, 0) is 11.3 Å². The normalized spacial score (nSPS) is 18.2. The van der Waals surface area contributed by atoms with Crippen molar-refractivity contribution in [1.29, 1.82) is 0 Å². The van der Waals surface area contributed by atoms with E-state index in [4.69, 9.17) is 23.8 Å². The van der Waals surface area contributed by atoms with Gasteiger partial charge in [-0.2, -0.15) is 18.3 Å². The Morgan fingerprint density at radius 3 is 2.69 bits per heavy atom. The van der Waals surface area contributed by atoms with Gasteiger partial charge in [-0.15, -0.1) is 0 Å². The van der Waals surface area contributed by atoms with Crippen molar-refractivity contribution in [3.05, 3.63) is 34.1 Å². The van der Waals surface area contributed by atoms with Crippen molar-refractivity contribution in [2.24, 2.45) is 5.92 Å². The molecule has 1 unspecified atom stereocenters. The minimum atomic E-state index is -4.29. The van der Waals surface area contributed by atoms with Crippen LogP contribution in [-0.4, -0.2) is 44.8 Å². The molecule has 1 aliphatic heterocycles. The number of nitrogens with zero attached hydrogens (tertiary/aromatic N) is 3. The Kier molecular flexibility index (Phi) is 5.38. The highest BCUT2D eigenvalue weighted by molar-refractivity contribution is 7.71. The number of amides is 1. The van der Waals surface area contributed by atoms with E-state index in [1.165, 1.54) is 9.47 Å². The minimum Gasteiger partial charge on any atom is -0.341 e. The van der Waals surface area contributed by atoms with Crippen molar-refractivity contribution in [2.45, 2.75) is 25.6 Å². The summed E-state index contributed by atoms with van der Waals surface area (Å²) in [5.41, 5.74) is 0.696. The summed E-state index contributed by atoms with van der Waals surface area (Å²) in [5, 5.41) is 7.30. The minimum absolute atomic E-state index is 0.0500. The summed E-state index contributed by atoms with van der Waals surface area (Å²) in [7, 11) is 0. The molecule has 10 heteroatoms. The van der Waals surface area contributed by atoms with Crippen LogP contribution in [0.5, 0.6) is 0 Å². The maximum Gasteiger partial charge on any atom is 0.393 e. The number of H-pyrrole nitrogens is 1. The number of aromatic nitrogens is 3. The van der Waals surface area contributed by atoms with E-state index >= 15 is 0 Å². The summed E-state index contributed by atoms with van der Waals surface area (Å²) in [5.74, 6) is -1.45. The van der Waals surface area contributed by atoms with E-state index in [0.29, 0.717) is 29.4 Å². The van der Waals surface area contributed by atoms with Crippen molar-refractivity contribution in [1.82, 2.24) is 19.7 Å². The largest absolute Gasteiger partial charge is 0.393 e. The van der Waals surface area contributed by atoms with Crippen molar-refractivity contribution in [2.75, 3.05) is 13.1 Å². The van der Waals surface area contributed by atoms with Gasteiger partial charge in [0.2, 0.25) is 5.91 Å². The zero-order valence-corrected chi connectivity index (χ0v) is 15.2. The second-order valence-corrected chi connectivity index (χ2v) is 6.99. The highest BCUT2D eigenvalue weighted by atomic mass is 35.5. The topological polar surface area (TPSA) is 53.9 Å². The molecule has 0 radical (unpaired) electrons. The molecule has 1 aliphatic rings. The summed E-state index contributed by atoms with van der Waals surface area (Å²) in [6, 6.07) is 6.82. The third-order valence-electron chi connectivity index (χ3n) is 4.39. The predicted octanol–water partition coefficient (Wildman–Crippen LogP) is 4.06. The second-order valence-electron chi connectivity index (χ2n) is 6.17. The molecule has 2 aromatic rings. The number of nitrogens with one attached hydrogen (secondary N) is 1. The number of hydrogen-bond donors (Lipinski definition) is 1. The Hall–Kier alpha value is -1.87.